The van der Waals surface area contributed by atoms with E-state index in [4.69, 9.17) is 4.74 Å². The third kappa shape index (κ3) is 4.43. The number of rotatable bonds is 6. The van der Waals surface area contributed by atoms with Crippen LogP contribution in [0.2, 0.25) is 0 Å². The SMILES string of the molecule is COC1CCN(CC2(C(=O)NCC(C)C)CCN(C)CC2)C1. The predicted molar refractivity (Wildman–Crippen MR) is 88.9 cm³/mol. The van der Waals surface area contributed by atoms with Gasteiger partial charge in [0.1, 0.15) is 0 Å². The number of hydrogen-bond acceptors (Lipinski definition) is 4. The average molecular weight is 311 g/mol. The van der Waals surface area contributed by atoms with Gasteiger partial charge in [-0.2, -0.15) is 0 Å². The molecule has 0 spiro atoms. The second-order valence-electron chi connectivity index (χ2n) is 7.57. The normalized spacial score (nSPS) is 26.5. The van der Waals surface area contributed by atoms with E-state index in [-0.39, 0.29) is 11.3 Å². The van der Waals surface area contributed by atoms with Gasteiger partial charge in [-0.1, -0.05) is 13.8 Å². The van der Waals surface area contributed by atoms with Gasteiger partial charge in [0.25, 0.3) is 0 Å². The predicted octanol–water partition coefficient (Wildman–Crippen LogP) is 1.19. The van der Waals surface area contributed by atoms with E-state index >= 15 is 0 Å². The highest BCUT2D eigenvalue weighted by Gasteiger charge is 2.43. The van der Waals surface area contributed by atoms with Crippen LogP contribution in [0.5, 0.6) is 0 Å². The first kappa shape index (κ1) is 17.7. The lowest BCUT2D eigenvalue weighted by atomic mass is 9.77. The summed E-state index contributed by atoms with van der Waals surface area (Å²) in [5.41, 5.74) is -0.218. The van der Waals surface area contributed by atoms with Crippen molar-refractivity contribution in [3.63, 3.8) is 0 Å². The van der Waals surface area contributed by atoms with E-state index in [1.165, 1.54) is 0 Å². The number of ether oxygens (including phenoxy) is 1. The van der Waals surface area contributed by atoms with Crippen LogP contribution in [-0.4, -0.2) is 75.2 Å². The largest absolute Gasteiger partial charge is 0.380 e. The van der Waals surface area contributed by atoms with Crippen molar-refractivity contribution in [2.24, 2.45) is 11.3 Å². The van der Waals surface area contributed by atoms with Crippen LogP contribution in [0.1, 0.15) is 33.1 Å². The Balaban J connectivity index is 2.00. The molecule has 1 unspecified atom stereocenters. The summed E-state index contributed by atoms with van der Waals surface area (Å²) in [4.78, 5) is 17.6. The molecule has 2 saturated heterocycles. The molecule has 2 aliphatic heterocycles. The number of nitrogens with zero attached hydrogens (tertiary/aromatic N) is 2. The van der Waals surface area contributed by atoms with Crippen LogP contribution >= 0.6 is 0 Å². The van der Waals surface area contributed by atoms with E-state index in [1.807, 2.05) is 0 Å². The number of carbonyl (C=O) groups excluding carboxylic acids is 1. The zero-order valence-corrected chi connectivity index (χ0v) is 14.7. The number of carbonyl (C=O) groups is 1. The highest BCUT2D eigenvalue weighted by molar-refractivity contribution is 5.83. The molecule has 5 nitrogen and oxygen atoms in total. The van der Waals surface area contributed by atoms with Crippen molar-refractivity contribution in [2.75, 3.05) is 53.4 Å². The Labute approximate surface area is 135 Å². The monoisotopic (exact) mass is 311 g/mol. The van der Waals surface area contributed by atoms with E-state index in [1.54, 1.807) is 7.11 Å². The molecule has 2 rings (SSSR count). The smallest absolute Gasteiger partial charge is 0.227 e. The molecule has 22 heavy (non-hydrogen) atoms. The van der Waals surface area contributed by atoms with Crippen LogP contribution in [-0.2, 0) is 9.53 Å². The lowest BCUT2D eigenvalue weighted by molar-refractivity contribution is -0.135. The van der Waals surface area contributed by atoms with E-state index in [0.717, 1.165) is 58.5 Å². The molecule has 0 bridgehead atoms. The summed E-state index contributed by atoms with van der Waals surface area (Å²) in [6.45, 7) is 9.98. The molecular formula is C17H33N3O2. The van der Waals surface area contributed by atoms with Crippen LogP contribution in [0.25, 0.3) is 0 Å². The highest BCUT2D eigenvalue weighted by Crippen LogP contribution is 2.33. The first-order valence-corrected chi connectivity index (χ1v) is 8.67. The minimum Gasteiger partial charge on any atom is -0.380 e. The maximum absolute atomic E-state index is 12.9. The Kier molecular flexibility index (Phi) is 6.24. The van der Waals surface area contributed by atoms with Gasteiger partial charge in [0, 0.05) is 33.3 Å². The molecule has 2 aliphatic rings. The molecule has 128 valence electrons. The third-order valence-electron chi connectivity index (χ3n) is 5.19. The van der Waals surface area contributed by atoms with Crippen molar-refractivity contribution in [3.05, 3.63) is 0 Å². The molecule has 2 fully saturated rings. The zero-order valence-electron chi connectivity index (χ0n) is 14.7. The molecule has 0 aromatic carbocycles. The number of amides is 1. The van der Waals surface area contributed by atoms with Crippen LogP contribution in [0.3, 0.4) is 0 Å². The average Bonchev–Trinajstić information content (AvgIpc) is 2.94. The molecule has 0 radical (unpaired) electrons. The molecule has 2 heterocycles. The fourth-order valence-electron chi connectivity index (χ4n) is 3.55. The van der Waals surface area contributed by atoms with E-state index in [9.17, 15) is 4.79 Å². The Morgan fingerprint density at radius 1 is 1.32 bits per heavy atom. The highest BCUT2D eigenvalue weighted by atomic mass is 16.5. The van der Waals surface area contributed by atoms with Gasteiger partial charge >= 0.3 is 0 Å². The maximum atomic E-state index is 12.9. The maximum Gasteiger partial charge on any atom is 0.227 e. The summed E-state index contributed by atoms with van der Waals surface area (Å²) in [7, 11) is 3.93. The first-order valence-electron chi connectivity index (χ1n) is 8.67. The topological polar surface area (TPSA) is 44.8 Å². The fraction of sp³-hybridized carbons (Fsp3) is 0.941. The number of piperidine rings is 1. The summed E-state index contributed by atoms with van der Waals surface area (Å²) in [5, 5.41) is 3.19. The van der Waals surface area contributed by atoms with Crippen molar-refractivity contribution in [1.82, 2.24) is 15.1 Å². The van der Waals surface area contributed by atoms with E-state index in [2.05, 4.69) is 36.0 Å². The van der Waals surface area contributed by atoms with Crippen LogP contribution in [0.15, 0.2) is 0 Å². The summed E-state index contributed by atoms with van der Waals surface area (Å²) >= 11 is 0. The summed E-state index contributed by atoms with van der Waals surface area (Å²) < 4.78 is 5.47. The first-order chi connectivity index (χ1) is 10.4. The zero-order chi connectivity index (χ0) is 16.2. The molecule has 0 aromatic rings. The van der Waals surface area contributed by atoms with Gasteiger partial charge in [-0.05, 0) is 45.3 Å². The Morgan fingerprint density at radius 2 is 2.00 bits per heavy atom. The van der Waals surface area contributed by atoms with Crippen LogP contribution in [0.4, 0.5) is 0 Å². The second-order valence-corrected chi connectivity index (χ2v) is 7.57. The van der Waals surface area contributed by atoms with Gasteiger partial charge in [-0.25, -0.2) is 0 Å². The number of nitrogens with one attached hydrogen (secondary N) is 1. The van der Waals surface area contributed by atoms with Gasteiger partial charge in [0.2, 0.25) is 5.91 Å². The summed E-state index contributed by atoms with van der Waals surface area (Å²) in [6, 6.07) is 0. The minimum atomic E-state index is -0.218. The van der Waals surface area contributed by atoms with Crippen molar-refractivity contribution in [2.45, 2.75) is 39.2 Å². The van der Waals surface area contributed by atoms with E-state index < -0.39 is 0 Å². The molecule has 0 aromatic heterocycles. The minimum absolute atomic E-state index is 0.218. The molecule has 0 saturated carbocycles. The molecule has 1 atom stereocenters. The number of likely N-dealkylation sites (tertiary alicyclic amines) is 2. The Hall–Kier alpha value is -0.650. The third-order valence-corrected chi connectivity index (χ3v) is 5.19. The van der Waals surface area contributed by atoms with Crippen molar-refractivity contribution in [3.8, 4) is 0 Å². The standard InChI is InChI=1S/C17H33N3O2/c1-14(2)11-18-16(21)17(6-9-19(3)10-7-17)13-20-8-5-15(12-20)22-4/h14-15H,5-13H2,1-4H3,(H,18,21). The summed E-state index contributed by atoms with van der Waals surface area (Å²) in [6.07, 6.45) is 3.34. The van der Waals surface area contributed by atoms with Gasteiger partial charge in [-0.15, -0.1) is 0 Å². The number of methoxy groups -OCH3 is 1. The summed E-state index contributed by atoms with van der Waals surface area (Å²) in [5.74, 6) is 0.757. The van der Waals surface area contributed by atoms with Crippen molar-refractivity contribution >= 4 is 5.91 Å². The van der Waals surface area contributed by atoms with Crippen LogP contribution in [0, 0.1) is 11.3 Å². The number of hydrogen-bond donors (Lipinski definition) is 1. The van der Waals surface area contributed by atoms with Crippen LogP contribution < -0.4 is 5.32 Å². The van der Waals surface area contributed by atoms with E-state index in [0.29, 0.717) is 12.0 Å². The van der Waals surface area contributed by atoms with Gasteiger partial charge < -0.3 is 15.0 Å². The lowest BCUT2D eigenvalue weighted by Crippen LogP contribution is -2.53. The molecule has 1 N–H and O–H groups in total. The van der Waals surface area contributed by atoms with Gasteiger partial charge in [0.05, 0.1) is 11.5 Å². The second kappa shape index (κ2) is 7.75. The Bertz CT molecular complexity index is 365. The van der Waals surface area contributed by atoms with Crippen molar-refractivity contribution in [1.29, 1.82) is 0 Å². The lowest BCUT2D eigenvalue weighted by Gasteiger charge is -2.41. The van der Waals surface area contributed by atoms with Crippen molar-refractivity contribution < 1.29 is 9.53 Å². The molecular weight excluding hydrogens is 278 g/mol. The fourth-order valence-corrected chi connectivity index (χ4v) is 3.55. The van der Waals surface area contributed by atoms with Gasteiger partial charge in [-0.3, -0.25) is 9.69 Å². The quantitative estimate of drug-likeness (QED) is 0.800. The molecule has 5 heteroatoms. The molecule has 0 aliphatic carbocycles. The Morgan fingerprint density at radius 3 is 2.55 bits per heavy atom. The van der Waals surface area contributed by atoms with Gasteiger partial charge in [0.15, 0.2) is 0 Å². The molecule has 1 amide bonds.